The van der Waals surface area contributed by atoms with Gasteiger partial charge in [0.05, 0.1) is 11.4 Å². The highest BCUT2D eigenvalue weighted by molar-refractivity contribution is 6.07. The third-order valence-electron chi connectivity index (χ3n) is 8.28. The highest BCUT2D eigenvalue weighted by atomic mass is 16.6. The lowest BCUT2D eigenvalue weighted by Gasteiger charge is -2.36. The maximum atomic E-state index is 13.2. The van der Waals surface area contributed by atoms with Crippen molar-refractivity contribution < 1.29 is 38.1 Å². The number of benzene rings is 3. The molecule has 51 heavy (non-hydrogen) atoms. The van der Waals surface area contributed by atoms with E-state index in [-0.39, 0.29) is 30.7 Å². The summed E-state index contributed by atoms with van der Waals surface area (Å²) in [5.41, 5.74) is 2.31. The molecule has 272 valence electrons. The number of carbonyl (C=O) groups is 4. The van der Waals surface area contributed by atoms with Gasteiger partial charge in [0.25, 0.3) is 5.91 Å². The average Bonchev–Trinajstić information content (AvgIpc) is 3.84. The Hall–Kier alpha value is -5.10. The summed E-state index contributed by atoms with van der Waals surface area (Å²) in [5.74, 6) is -0.183. The Morgan fingerprint density at radius 1 is 0.745 bits per heavy atom. The Morgan fingerprint density at radius 2 is 1.35 bits per heavy atom. The molecular formula is C39H48N4O8. The fourth-order valence-corrected chi connectivity index (χ4v) is 5.86. The second kappa shape index (κ2) is 15.8. The van der Waals surface area contributed by atoms with Crippen LogP contribution in [0.1, 0.15) is 88.2 Å². The summed E-state index contributed by atoms with van der Waals surface area (Å²) < 4.78 is 22.1. The highest BCUT2D eigenvalue weighted by Gasteiger charge is 2.48. The largest absolute Gasteiger partial charge is 0.444 e. The lowest BCUT2D eigenvalue weighted by atomic mass is 10.1. The summed E-state index contributed by atoms with van der Waals surface area (Å²) in [6.45, 7) is 12.3. The number of amides is 4. The molecule has 1 aliphatic carbocycles. The van der Waals surface area contributed by atoms with Gasteiger partial charge in [-0.15, -0.1) is 0 Å². The molecular weight excluding hydrogens is 652 g/mol. The van der Waals surface area contributed by atoms with Crippen LogP contribution in [0.25, 0.3) is 0 Å². The first-order chi connectivity index (χ1) is 24.1. The second-order valence-electron chi connectivity index (χ2n) is 14.8. The lowest BCUT2D eigenvalue weighted by Crippen LogP contribution is -2.47. The van der Waals surface area contributed by atoms with Crippen LogP contribution in [0, 0.1) is 0 Å². The number of anilines is 3. The third kappa shape index (κ3) is 10.9. The maximum Gasteiger partial charge on any atom is 0.412 e. The standard InChI is InChI=1S/C39H48N4O8/c1-38(2,3)50-36(46)42-32-10-8-7-9-31(32)41-34(44)27-15-17-28(18-16-27)40-35(45)49-24-25-11-13-26(14-12-25)30-23-33(30)43(29-19-21-48-22-20-29)37(47)51-39(4,5)6/h7-18,29-30,33H,19-24H2,1-6H3,(H,40,45)(H,41,44)(H,42,46). The van der Waals surface area contributed by atoms with Crippen LogP contribution in [-0.2, 0) is 25.6 Å². The van der Waals surface area contributed by atoms with Crippen LogP contribution >= 0.6 is 0 Å². The predicted octanol–water partition coefficient (Wildman–Crippen LogP) is 8.31. The van der Waals surface area contributed by atoms with Gasteiger partial charge in [0.1, 0.15) is 17.8 Å². The first-order valence-electron chi connectivity index (χ1n) is 17.3. The summed E-state index contributed by atoms with van der Waals surface area (Å²) in [4.78, 5) is 52.9. The predicted molar refractivity (Wildman–Crippen MR) is 194 cm³/mol. The molecule has 1 aliphatic heterocycles. The number of hydrogen-bond acceptors (Lipinski definition) is 8. The maximum absolute atomic E-state index is 13.2. The summed E-state index contributed by atoms with van der Waals surface area (Å²) >= 11 is 0. The lowest BCUT2D eigenvalue weighted by molar-refractivity contribution is -0.00861. The van der Waals surface area contributed by atoms with E-state index in [1.54, 1.807) is 69.3 Å². The van der Waals surface area contributed by atoms with Crippen LogP contribution < -0.4 is 16.0 Å². The van der Waals surface area contributed by atoms with Crippen molar-refractivity contribution in [1.82, 2.24) is 4.90 Å². The van der Waals surface area contributed by atoms with Crippen LogP contribution in [-0.4, -0.2) is 65.6 Å². The van der Waals surface area contributed by atoms with Gasteiger partial charge in [-0.25, -0.2) is 14.4 Å². The fraction of sp³-hybridized carbons (Fsp3) is 0.436. The van der Waals surface area contributed by atoms with Gasteiger partial charge in [0.15, 0.2) is 0 Å². The molecule has 3 aromatic rings. The SMILES string of the molecule is CC(C)(C)OC(=O)Nc1ccccc1NC(=O)c1ccc(NC(=O)OCc2ccc(C3CC3N(C(=O)OC(C)(C)C)C3CCOCC3)cc2)cc1. The molecule has 5 rings (SSSR count). The first kappa shape index (κ1) is 37.2. The molecule has 4 amide bonds. The molecule has 3 N–H and O–H groups in total. The Bertz CT molecular complexity index is 1690. The van der Waals surface area contributed by atoms with Crippen molar-refractivity contribution in [2.75, 3.05) is 29.2 Å². The average molecular weight is 701 g/mol. The molecule has 1 heterocycles. The van der Waals surface area contributed by atoms with Crippen molar-refractivity contribution in [2.24, 2.45) is 0 Å². The van der Waals surface area contributed by atoms with E-state index in [9.17, 15) is 19.2 Å². The minimum atomic E-state index is -0.670. The molecule has 0 aromatic heterocycles. The summed E-state index contributed by atoms with van der Waals surface area (Å²) in [7, 11) is 0. The molecule has 0 bridgehead atoms. The zero-order valence-electron chi connectivity index (χ0n) is 30.1. The number of para-hydroxylation sites is 2. The first-order valence-corrected chi connectivity index (χ1v) is 17.3. The quantitative estimate of drug-likeness (QED) is 0.189. The molecule has 1 saturated carbocycles. The molecule has 3 aromatic carbocycles. The number of nitrogens with one attached hydrogen (secondary N) is 3. The van der Waals surface area contributed by atoms with E-state index < -0.39 is 29.3 Å². The van der Waals surface area contributed by atoms with Gasteiger partial charge < -0.3 is 29.2 Å². The zero-order chi connectivity index (χ0) is 36.8. The smallest absolute Gasteiger partial charge is 0.412 e. The van der Waals surface area contributed by atoms with Gasteiger partial charge in [-0.05, 0) is 108 Å². The van der Waals surface area contributed by atoms with Crippen LogP contribution in [0.4, 0.5) is 31.4 Å². The van der Waals surface area contributed by atoms with Crippen LogP contribution in [0.15, 0.2) is 72.8 Å². The molecule has 0 radical (unpaired) electrons. The second-order valence-corrected chi connectivity index (χ2v) is 14.8. The number of ether oxygens (including phenoxy) is 4. The molecule has 2 aliphatic rings. The van der Waals surface area contributed by atoms with E-state index in [4.69, 9.17) is 18.9 Å². The molecule has 2 fully saturated rings. The number of carbonyl (C=O) groups excluding carboxylic acids is 4. The van der Waals surface area contributed by atoms with Crippen LogP contribution in [0.5, 0.6) is 0 Å². The Kier molecular flexibility index (Phi) is 11.5. The Labute approximate surface area is 299 Å². The summed E-state index contributed by atoms with van der Waals surface area (Å²) in [6, 6.07) is 21.2. The van der Waals surface area contributed by atoms with Gasteiger partial charge in [-0.1, -0.05) is 36.4 Å². The van der Waals surface area contributed by atoms with E-state index in [0.717, 1.165) is 30.4 Å². The third-order valence-corrected chi connectivity index (χ3v) is 8.28. The summed E-state index contributed by atoms with van der Waals surface area (Å²) in [5, 5.41) is 8.13. The number of rotatable bonds is 9. The van der Waals surface area contributed by atoms with E-state index in [1.165, 1.54) is 0 Å². The van der Waals surface area contributed by atoms with Crippen LogP contribution in [0.2, 0.25) is 0 Å². The minimum absolute atomic E-state index is 0.0730. The van der Waals surface area contributed by atoms with Gasteiger partial charge in [0.2, 0.25) is 0 Å². The minimum Gasteiger partial charge on any atom is -0.444 e. The van der Waals surface area contributed by atoms with Crippen molar-refractivity contribution in [1.29, 1.82) is 0 Å². The van der Waals surface area contributed by atoms with E-state index in [1.807, 2.05) is 49.9 Å². The molecule has 2 unspecified atom stereocenters. The van der Waals surface area contributed by atoms with Gasteiger partial charge >= 0.3 is 18.3 Å². The van der Waals surface area contributed by atoms with Crippen molar-refractivity contribution in [3.63, 3.8) is 0 Å². The monoisotopic (exact) mass is 700 g/mol. The molecule has 0 spiro atoms. The molecule has 12 nitrogen and oxygen atoms in total. The van der Waals surface area contributed by atoms with Crippen molar-refractivity contribution >= 4 is 41.2 Å². The fourth-order valence-electron chi connectivity index (χ4n) is 5.86. The number of nitrogens with zero attached hydrogens (tertiary/aromatic N) is 1. The van der Waals surface area contributed by atoms with E-state index >= 15 is 0 Å². The van der Waals surface area contributed by atoms with Crippen molar-refractivity contribution in [2.45, 2.75) is 96.6 Å². The highest BCUT2D eigenvalue weighted by Crippen LogP contribution is 2.47. The molecule has 1 saturated heterocycles. The van der Waals surface area contributed by atoms with Gasteiger partial charge in [-0.3, -0.25) is 15.4 Å². The topological polar surface area (TPSA) is 145 Å². The Morgan fingerprint density at radius 3 is 1.96 bits per heavy atom. The van der Waals surface area contributed by atoms with Crippen LogP contribution in [0.3, 0.4) is 0 Å². The van der Waals surface area contributed by atoms with Crippen molar-refractivity contribution in [3.8, 4) is 0 Å². The van der Waals surface area contributed by atoms with Gasteiger partial charge in [-0.2, -0.15) is 0 Å². The van der Waals surface area contributed by atoms with E-state index in [2.05, 4.69) is 16.0 Å². The van der Waals surface area contributed by atoms with E-state index in [0.29, 0.717) is 35.8 Å². The molecule has 2 atom stereocenters. The van der Waals surface area contributed by atoms with Crippen molar-refractivity contribution in [3.05, 3.63) is 89.5 Å². The van der Waals surface area contributed by atoms with Gasteiger partial charge in [0, 0.05) is 42.5 Å². The zero-order valence-corrected chi connectivity index (χ0v) is 30.1. The molecule has 12 heteroatoms. The normalized spacial score (nSPS) is 17.5. The Balaban J connectivity index is 1.10. The number of hydrogen-bond donors (Lipinski definition) is 3. The summed E-state index contributed by atoms with van der Waals surface area (Å²) in [6.07, 6.45) is 0.923.